The van der Waals surface area contributed by atoms with Gasteiger partial charge in [-0.3, -0.25) is 9.69 Å². The van der Waals surface area contributed by atoms with E-state index < -0.39 is 0 Å². The highest BCUT2D eigenvalue weighted by atomic mass is 16.5. The average molecular weight is 327 g/mol. The van der Waals surface area contributed by atoms with Gasteiger partial charge in [-0.05, 0) is 38.0 Å². The Morgan fingerprint density at radius 3 is 2.79 bits per heavy atom. The summed E-state index contributed by atoms with van der Waals surface area (Å²) in [5.41, 5.74) is 1.86. The third-order valence-electron chi connectivity index (χ3n) is 5.39. The fourth-order valence-electron chi connectivity index (χ4n) is 4.04. The summed E-state index contributed by atoms with van der Waals surface area (Å²) in [7, 11) is 0. The van der Waals surface area contributed by atoms with Gasteiger partial charge in [0.15, 0.2) is 0 Å². The topological polar surface area (TPSA) is 37.2 Å². The molecule has 1 atom stereocenters. The number of morpholine rings is 1. The van der Waals surface area contributed by atoms with Crippen LogP contribution in [0.5, 0.6) is 0 Å². The van der Waals surface area contributed by atoms with E-state index in [-0.39, 0.29) is 5.91 Å². The molecule has 0 radical (unpaired) electrons. The van der Waals surface area contributed by atoms with Crippen LogP contribution in [-0.2, 0) is 4.74 Å². The van der Waals surface area contributed by atoms with E-state index in [0.717, 1.165) is 56.8 Å². The number of carbonyl (C=O) groups is 1. The van der Waals surface area contributed by atoms with Crippen LogP contribution in [0, 0.1) is 0 Å². The van der Waals surface area contributed by atoms with Crippen molar-refractivity contribution in [1.29, 1.82) is 0 Å². The molecule has 2 fully saturated rings. The Morgan fingerprint density at radius 2 is 2.04 bits per heavy atom. The molecule has 5 heteroatoms. The Balaban J connectivity index is 1.40. The molecule has 2 aliphatic rings. The van der Waals surface area contributed by atoms with E-state index in [1.165, 1.54) is 0 Å². The maximum atomic E-state index is 12.8. The van der Waals surface area contributed by atoms with E-state index >= 15 is 0 Å². The number of pyridine rings is 1. The summed E-state index contributed by atoms with van der Waals surface area (Å²) < 4.78 is 7.55. The van der Waals surface area contributed by atoms with Crippen molar-refractivity contribution in [2.75, 3.05) is 32.8 Å². The van der Waals surface area contributed by atoms with Crippen LogP contribution in [0.1, 0.15) is 30.1 Å². The molecule has 5 nitrogen and oxygen atoms in total. The lowest BCUT2D eigenvalue weighted by atomic mass is 10.0. The summed E-state index contributed by atoms with van der Waals surface area (Å²) in [5.74, 6) is 0.159. The molecule has 1 amide bonds. The monoisotopic (exact) mass is 327 g/mol. The summed E-state index contributed by atoms with van der Waals surface area (Å²) in [5, 5.41) is 0. The molecule has 0 N–H and O–H groups in total. The van der Waals surface area contributed by atoms with Gasteiger partial charge in [-0.15, -0.1) is 0 Å². The highest BCUT2D eigenvalue weighted by Crippen LogP contribution is 2.22. The first-order chi connectivity index (χ1) is 11.7. The van der Waals surface area contributed by atoms with Gasteiger partial charge in [0.2, 0.25) is 0 Å². The second kappa shape index (κ2) is 6.57. The minimum atomic E-state index is 0.159. The average Bonchev–Trinajstić information content (AvgIpc) is 3.06. The van der Waals surface area contributed by atoms with E-state index in [1.807, 2.05) is 46.0 Å². The van der Waals surface area contributed by atoms with E-state index in [9.17, 15) is 4.79 Å². The SMILES string of the molecule is CC1COCCN1C1CCN(C(=O)c2cc3ccccn3c2)CC1. The quantitative estimate of drug-likeness (QED) is 0.849. The van der Waals surface area contributed by atoms with E-state index in [4.69, 9.17) is 4.74 Å². The van der Waals surface area contributed by atoms with Gasteiger partial charge in [0.1, 0.15) is 0 Å². The molecule has 4 heterocycles. The van der Waals surface area contributed by atoms with Gasteiger partial charge in [-0.2, -0.15) is 0 Å². The third-order valence-corrected chi connectivity index (χ3v) is 5.39. The van der Waals surface area contributed by atoms with Crippen LogP contribution >= 0.6 is 0 Å². The van der Waals surface area contributed by atoms with Crippen molar-refractivity contribution < 1.29 is 9.53 Å². The smallest absolute Gasteiger partial charge is 0.255 e. The first-order valence-electron chi connectivity index (χ1n) is 8.92. The van der Waals surface area contributed by atoms with Crippen LogP contribution in [0.3, 0.4) is 0 Å². The van der Waals surface area contributed by atoms with Crippen LogP contribution in [0.15, 0.2) is 36.7 Å². The molecule has 0 spiro atoms. The molecule has 0 aliphatic carbocycles. The molecule has 2 aromatic heterocycles. The lowest BCUT2D eigenvalue weighted by molar-refractivity contribution is -0.0335. The molecule has 0 aromatic carbocycles. The number of ether oxygens (including phenoxy) is 1. The maximum Gasteiger partial charge on any atom is 0.255 e. The summed E-state index contributed by atoms with van der Waals surface area (Å²) in [6.07, 6.45) is 6.04. The summed E-state index contributed by atoms with van der Waals surface area (Å²) >= 11 is 0. The number of rotatable bonds is 2. The number of nitrogens with zero attached hydrogens (tertiary/aromatic N) is 3. The highest BCUT2D eigenvalue weighted by Gasteiger charge is 2.31. The summed E-state index contributed by atoms with van der Waals surface area (Å²) in [4.78, 5) is 17.4. The molecular weight excluding hydrogens is 302 g/mol. The number of hydrogen-bond donors (Lipinski definition) is 0. The fraction of sp³-hybridized carbons (Fsp3) is 0.526. The molecule has 2 saturated heterocycles. The van der Waals surface area contributed by atoms with Crippen LogP contribution in [0.2, 0.25) is 0 Å². The van der Waals surface area contributed by atoms with E-state index in [0.29, 0.717) is 12.1 Å². The Kier molecular flexibility index (Phi) is 4.29. The first-order valence-corrected chi connectivity index (χ1v) is 8.92. The van der Waals surface area contributed by atoms with Gasteiger partial charge in [0, 0.05) is 49.6 Å². The van der Waals surface area contributed by atoms with Crippen LogP contribution in [0.4, 0.5) is 0 Å². The van der Waals surface area contributed by atoms with Gasteiger partial charge >= 0.3 is 0 Å². The number of aromatic nitrogens is 1. The van der Waals surface area contributed by atoms with Gasteiger partial charge in [0.25, 0.3) is 5.91 Å². The van der Waals surface area contributed by atoms with Crippen molar-refractivity contribution in [3.05, 3.63) is 42.2 Å². The van der Waals surface area contributed by atoms with Crippen molar-refractivity contribution in [2.24, 2.45) is 0 Å². The molecular formula is C19H25N3O2. The van der Waals surface area contributed by atoms with Gasteiger partial charge in [-0.25, -0.2) is 0 Å². The van der Waals surface area contributed by atoms with Crippen LogP contribution in [-0.4, -0.2) is 65.0 Å². The predicted molar refractivity (Wildman–Crippen MR) is 93.3 cm³/mol. The number of fused-ring (bicyclic) bond motifs is 1. The molecule has 0 saturated carbocycles. The van der Waals surface area contributed by atoms with Gasteiger partial charge in [0.05, 0.1) is 18.8 Å². The molecule has 24 heavy (non-hydrogen) atoms. The number of hydrogen-bond acceptors (Lipinski definition) is 3. The molecule has 4 rings (SSSR count). The Morgan fingerprint density at radius 1 is 1.21 bits per heavy atom. The number of piperidine rings is 1. The third kappa shape index (κ3) is 2.94. The number of carbonyl (C=O) groups excluding carboxylic acids is 1. The van der Waals surface area contributed by atoms with Gasteiger partial charge in [-0.1, -0.05) is 6.07 Å². The molecule has 1 unspecified atom stereocenters. The van der Waals surface area contributed by atoms with Gasteiger partial charge < -0.3 is 14.0 Å². The molecule has 2 aromatic rings. The lowest BCUT2D eigenvalue weighted by Gasteiger charge is -2.43. The zero-order valence-corrected chi connectivity index (χ0v) is 14.2. The predicted octanol–water partition coefficient (Wildman–Crippen LogP) is 2.26. The first kappa shape index (κ1) is 15.7. The summed E-state index contributed by atoms with van der Waals surface area (Å²) in [6, 6.07) is 9.07. The zero-order valence-electron chi connectivity index (χ0n) is 14.2. The lowest BCUT2D eigenvalue weighted by Crippen LogP contribution is -2.53. The van der Waals surface area contributed by atoms with Crippen LogP contribution in [0.25, 0.3) is 5.52 Å². The largest absolute Gasteiger partial charge is 0.379 e. The fourth-order valence-corrected chi connectivity index (χ4v) is 4.04. The van der Waals surface area contributed by atoms with Crippen molar-refractivity contribution in [3.63, 3.8) is 0 Å². The molecule has 0 bridgehead atoms. The zero-order chi connectivity index (χ0) is 16.5. The van der Waals surface area contributed by atoms with Crippen molar-refractivity contribution >= 4 is 11.4 Å². The second-order valence-electron chi connectivity index (χ2n) is 6.95. The van der Waals surface area contributed by atoms with E-state index in [2.05, 4.69) is 11.8 Å². The normalized spacial score (nSPS) is 23.7. The number of amides is 1. The highest BCUT2D eigenvalue weighted by molar-refractivity contribution is 5.95. The molecule has 128 valence electrons. The minimum absolute atomic E-state index is 0.159. The maximum absolute atomic E-state index is 12.8. The van der Waals surface area contributed by atoms with Crippen molar-refractivity contribution in [3.8, 4) is 0 Å². The Hall–Kier alpha value is -1.85. The standard InChI is InChI=1S/C19H25N3O2/c1-15-14-24-11-10-22(15)17-5-8-20(9-6-17)19(23)16-12-18-4-2-3-7-21(18)13-16/h2-4,7,12-13,15,17H,5-6,8-11,14H2,1H3. The number of likely N-dealkylation sites (tertiary alicyclic amines) is 1. The Bertz CT molecular complexity index is 685. The Labute approximate surface area is 142 Å². The minimum Gasteiger partial charge on any atom is -0.379 e. The van der Waals surface area contributed by atoms with Crippen molar-refractivity contribution in [2.45, 2.75) is 31.8 Å². The summed E-state index contributed by atoms with van der Waals surface area (Å²) in [6.45, 7) is 6.62. The van der Waals surface area contributed by atoms with Crippen molar-refractivity contribution in [1.82, 2.24) is 14.2 Å². The molecule has 2 aliphatic heterocycles. The van der Waals surface area contributed by atoms with E-state index in [1.54, 1.807) is 0 Å². The second-order valence-corrected chi connectivity index (χ2v) is 6.95. The van der Waals surface area contributed by atoms with Crippen LogP contribution < -0.4 is 0 Å².